The minimum atomic E-state index is -0.113. The van der Waals surface area contributed by atoms with Crippen molar-refractivity contribution in [1.29, 1.82) is 0 Å². The van der Waals surface area contributed by atoms with Gasteiger partial charge in [-0.15, -0.1) is 0 Å². The molecule has 3 aliphatic rings. The molecule has 1 saturated heterocycles. The molecule has 1 heterocycles. The second-order valence-electron chi connectivity index (χ2n) is 8.53. The summed E-state index contributed by atoms with van der Waals surface area (Å²) in [6.45, 7) is 6.97. The van der Waals surface area contributed by atoms with E-state index >= 15 is 0 Å². The van der Waals surface area contributed by atoms with Crippen LogP contribution < -0.4 is 15.4 Å². The zero-order valence-electron chi connectivity index (χ0n) is 18.3. The number of rotatable bonds is 9. The molecule has 31 heavy (non-hydrogen) atoms. The molecule has 2 fully saturated rings. The molecule has 0 radical (unpaired) electrons. The Morgan fingerprint density at radius 2 is 1.90 bits per heavy atom. The van der Waals surface area contributed by atoms with Crippen LogP contribution in [-0.2, 0) is 9.59 Å². The number of amides is 2. The van der Waals surface area contributed by atoms with Crippen LogP contribution in [0.25, 0.3) is 0 Å². The lowest BCUT2D eigenvalue weighted by Crippen LogP contribution is -2.39. The third-order valence-corrected chi connectivity index (χ3v) is 6.37. The van der Waals surface area contributed by atoms with Crippen molar-refractivity contribution < 1.29 is 14.3 Å². The normalized spacial score (nSPS) is 26.5. The summed E-state index contributed by atoms with van der Waals surface area (Å²) in [5.74, 6) is 1.92. The van der Waals surface area contributed by atoms with Gasteiger partial charge in [0.1, 0.15) is 12.4 Å². The molecule has 1 aromatic carbocycles. The average molecular weight is 425 g/mol. The van der Waals surface area contributed by atoms with E-state index in [9.17, 15) is 9.59 Å². The molecule has 1 aliphatic heterocycles. The summed E-state index contributed by atoms with van der Waals surface area (Å²) in [4.78, 5) is 31.5. The standard InChI is InChI=1S/C24H32N4O3/c1-3-25-24(27-11-13-31-19-7-4-6-16(2)14-19)26-10-5-12-28-22(29)20-17-8-9-18(15-17)21(20)23(28)30/h4,6-9,14,17-18,20-21H,3,5,10-13,15H2,1-2H3,(H2,25,26,27). The summed E-state index contributed by atoms with van der Waals surface area (Å²) in [5.41, 5.74) is 1.17. The molecule has 2 N–H and O–H groups in total. The van der Waals surface area contributed by atoms with E-state index in [1.165, 1.54) is 10.5 Å². The number of aliphatic imine (C=N–C) groups is 1. The SMILES string of the molecule is CCNC(=NCCCN1C(=O)C2C3C=CC(C3)C2C1=O)NCCOc1cccc(C)c1. The fourth-order valence-electron chi connectivity index (χ4n) is 4.99. The van der Waals surface area contributed by atoms with Crippen LogP contribution in [0.2, 0.25) is 0 Å². The lowest BCUT2D eigenvalue weighted by Gasteiger charge is -2.17. The Morgan fingerprint density at radius 1 is 1.16 bits per heavy atom. The number of aryl methyl sites for hydroxylation is 1. The van der Waals surface area contributed by atoms with Gasteiger partial charge < -0.3 is 15.4 Å². The molecule has 2 aliphatic carbocycles. The molecular formula is C24H32N4O3. The van der Waals surface area contributed by atoms with Crippen LogP contribution in [-0.4, -0.2) is 55.5 Å². The lowest BCUT2D eigenvalue weighted by molar-refractivity contribution is -0.140. The highest BCUT2D eigenvalue weighted by Gasteiger charge is 2.58. The van der Waals surface area contributed by atoms with Gasteiger partial charge in [0.25, 0.3) is 0 Å². The number of nitrogens with zero attached hydrogens (tertiary/aromatic N) is 2. The number of hydrogen-bond donors (Lipinski definition) is 2. The maximum Gasteiger partial charge on any atom is 0.233 e. The van der Waals surface area contributed by atoms with Gasteiger partial charge in [-0.05, 0) is 56.2 Å². The Bertz CT molecular complexity index is 851. The molecular weight excluding hydrogens is 392 g/mol. The van der Waals surface area contributed by atoms with Gasteiger partial charge in [-0.2, -0.15) is 0 Å². The van der Waals surface area contributed by atoms with Crippen molar-refractivity contribution >= 4 is 17.8 Å². The molecule has 2 bridgehead atoms. The molecule has 4 unspecified atom stereocenters. The molecule has 4 rings (SSSR count). The van der Waals surface area contributed by atoms with Crippen LogP contribution in [0.1, 0.15) is 25.3 Å². The monoisotopic (exact) mass is 424 g/mol. The summed E-state index contributed by atoms with van der Waals surface area (Å²) < 4.78 is 5.76. The maximum atomic E-state index is 12.7. The molecule has 0 aromatic heterocycles. The number of hydrogen-bond acceptors (Lipinski definition) is 4. The van der Waals surface area contributed by atoms with Crippen molar-refractivity contribution in [3.05, 3.63) is 42.0 Å². The Kier molecular flexibility index (Phi) is 6.59. The number of carbonyl (C=O) groups is 2. The predicted molar refractivity (Wildman–Crippen MR) is 120 cm³/mol. The average Bonchev–Trinajstić information content (AvgIpc) is 3.43. The number of carbonyl (C=O) groups excluding carboxylic acids is 2. The van der Waals surface area contributed by atoms with Crippen molar-refractivity contribution in [1.82, 2.24) is 15.5 Å². The molecule has 4 atom stereocenters. The number of allylic oxidation sites excluding steroid dienone is 2. The quantitative estimate of drug-likeness (QED) is 0.209. The van der Waals surface area contributed by atoms with E-state index in [-0.39, 0.29) is 35.5 Å². The summed E-state index contributed by atoms with van der Waals surface area (Å²) in [6.07, 6.45) is 5.88. The van der Waals surface area contributed by atoms with Crippen LogP contribution in [0.5, 0.6) is 5.75 Å². The van der Waals surface area contributed by atoms with Gasteiger partial charge in [0.15, 0.2) is 5.96 Å². The van der Waals surface area contributed by atoms with Gasteiger partial charge in [0.2, 0.25) is 11.8 Å². The summed E-state index contributed by atoms with van der Waals surface area (Å²) in [7, 11) is 0. The van der Waals surface area contributed by atoms with Crippen LogP contribution in [0.15, 0.2) is 41.4 Å². The first-order valence-electron chi connectivity index (χ1n) is 11.3. The highest BCUT2D eigenvalue weighted by molar-refractivity contribution is 6.06. The van der Waals surface area contributed by atoms with Gasteiger partial charge in [0, 0.05) is 19.6 Å². The number of benzene rings is 1. The highest BCUT2D eigenvalue weighted by Crippen LogP contribution is 2.52. The van der Waals surface area contributed by atoms with Crippen LogP contribution >= 0.6 is 0 Å². The van der Waals surface area contributed by atoms with E-state index in [4.69, 9.17) is 4.74 Å². The zero-order valence-corrected chi connectivity index (χ0v) is 18.3. The predicted octanol–water partition coefficient (Wildman–Crippen LogP) is 2.13. The number of fused-ring (bicyclic) bond motifs is 5. The van der Waals surface area contributed by atoms with E-state index in [1.54, 1.807) is 0 Å². The fraction of sp³-hybridized carbons (Fsp3) is 0.542. The smallest absolute Gasteiger partial charge is 0.233 e. The second kappa shape index (κ2) is 9.54. The number of likely N-dealkylation sites (tertiary alicyclic amines) is 1. The molecule has 166 valence electrons. The molecule has 1 aromatic rings. The van der Waals surface area contributed by atoms with E-state index in [2.05, 4.69) is 27.8 Å². The number of nitrogens with one attached hydrogen (secondary N) is 2. The maximum absolute atomic E-state index is 12.7. The molecule has 7 nitrogen and oxygen atoms in total. The molecule has 7 heteroatoms. The Hall–Kier alpha value is -2.83. The van der Waals surface area contributed by atoms with E-state index in [1.807, 2.05) is 38.1 Å². The largest absolute Gasteiger partial charge is 0.492 e. The van der Waals surface area contributed by atoms with Crippen LogP contribution in [0.4, 0.5) is 0 Å². The van der Waals surface area contributed by atoms with Crippen molar-refractivity contribution in [3.63, 3.8) is 0 Å². The lowest BCUT2D eigenvalue weighted by atomic mass is 9.85. The first kappa shape index (κ1) is 21.4. The van der Waals surface area contributed by atoms with Crippen molar-refractivity contribution in [2.75, 3.05) is 32.8 Å². The zero-order chi connectivity index (χ0) is 21.8. The number of imide groups is 1. The molecule has 0 spiro atoms. The Balaban J connectivity index is 1.20. The topological polar surface area (TPSA) is 83.0 Å². The van der Waals surface area contributed by atoms with Crippen molar-refractivity contribution in [3.8, 4) is 5.75 Å². The fourth-order valence-corrected chi connectivity index (χ4v) is 4.99. The highest BCUT2D eigenvalue weighted by atomic mass is 16.5. The summed E-state index contributed by atoms with van der Waals surface area (Å²) in [5, 5.41) is 6.48. The van der Waals surface area contributed by atoms with Crippen molar-refractivity contribution in [2.45, 2.75) is 26.7 Å². The third kappa shape index (κ3) is 4.60. The third-order valence-electron chi connectivity index (χ3n) is 6.37. The summed E-state index contributed by atoms with van der Waals surface area (Å²) in [6, 6.07) is 7.98. The van der Waals surface area contributed by atoms with Crippen LogP contribution in [0, 0.1) is 30.6 Å². The first-order valence-corrected chi connectivity index (χ1v) is 11.3. The molecule has 1 saturated carbocycles. The van der Waals surface area contributed by atoms with Gasteiger partial charge in [-0.1, -0.05) is 24.3 Å². The molecule has 2 amide bonds. The minimum absolute atomic E-state index is 0.0224. The van der Waals surface area contributed by atoms with Gasteiger partial charge in [-0.25, -0.2) is 0 Å². The Morgan fingerprint density at radius 3 is 2.58 bits per heavy atom. The minimum Gasteiger partial charge on any atom is -0.492 e. The van der Waals surface area contributed by atoms with E-state index in [0.717, 1.165) is 18.7 Å². The number of ether oxygens (including phenoxy) is 1. The van der Waals surface area contributed by atoms with Gasteiger partial charge in [0.05, 0.1) is 18.4 Å². The van der Waals surface area contributed by atoms with Crippen LogP contribution in [0.3, 0.4) is 0 Å². The first-order chi connectivity index (χ1) is 15.1. The Labute approximate surface area is 183 Å². The summed E-state index contributed by atoms with van der Waals surface area (Å²) >= 11 is 0. The second-order valence-corrected chi connectivity index (χ2v) is 8.53. The number of guanidine groups is 1. The van der Waals surface area contributed by atoms with Gasteiger partial charge >= 0.3 is 0 Å². The van der Waals surface area contributed by atoms with Gasteiger partial charge in [-0.3, -0.25) is 19.5 Å². The van der Waals surface area contributed by atoms with E-state index in [0.29, 0.717) is 38.6 Å². The van der Waals surface area contributed by atoms with E-state index < -0.39 is 0 Å². The van der Waals surface area contributed by atoms with Crippen molar-refractivity contribution in [2.24, 2.45) is 28.7 Å².